The highest BCUT2D eigenvalue weighted by molar-refractivity contribution is 5.91. The molecule has 0 spiro atoms. The Balaban J connectivity index is 2.03. The number of phenols is 1. The summed E-state index contributed by atoms with van der Waals surface area (Å²) in [5.74, 6) is 1.16. The van der Waals surface area contributed by atoms with Crippen molar-refractivity contribution in [3.05, 3.63) is 59.7 Å². The highest BCUT2D eigenvalue weighted by Crippen LogP contribution is 2.19. The third-order valence-electron chi connectivity index (χ3n) is 4.47. The van der Waals surface area contributed by atoms with E-state index in [1.165, 1.54) is 6.92 Å². The number of ketones is 1. The number of Topliss-reactive ketones (excluding diaryl/α,β-unsaturated/α-hetero) is 1. The number of nitrogens with one attached hydrogen (secondary N) is 1. The van der Waals surface area contributed by atoms with Crippen molar-refractivity contribution in [1.82, 2.24) is 5.32 Å². The average Bonchev–Trinajstić information content (AvgIpc) is 2.61. The molecule has 1 unspecified atom stereocenters. The van der Waals surface area contributed by atoms with Gasteiger partial charge in [0.2, 0.25) is 0 Å². The van der Waals surface area contributed by atoms with Crippen molar-refractivity contribution in [2.24, 2.45) is 10.7 Å². The summed E-state index contributed by atoms with van der Waals surface area (Å²) in [4.78, 5) is 16.6. The maximum atomic E-state index is 12.3. The molecule has 0 aliphatic rings. The molecule has 0 radical (unpaired) electrons. The highest BCUT2D eigenvalue weighted by atomic mass is 16.5. The first-order valence-corrected chi connectivity index (χ1v) is 8.82. The van der Waals surface area contributed by atoms with Crippen LogP contribution in [0.15, 0.2) is 53.5 Å². The van der Waals surface area contributed by atoms with E-state index in [9.17, 15) is 9.90 Å². The van der Waals surface area contributed by atoms with Crippen LogP contribution in [0.2, 0.25) is 0 Å². The predicted octanol–water partition coefficient (Wildman–Crippen LogP) is 2.44. The van der Waals surface area contributed by atoms with E-state index in [2.05, 4.69) is 10.3 Å². The molecule has 6 heteroatoms. The summed E-state index contributed by atoms with van der Waals surface area (Å²) < 4.78 is 5.24. The van der Waals surface area contributed by atoms with Crippen LogP contribution < -0.4 is 15.8 Å². The predicted molar refractivity (Wildman–Crippen MR) is 107 cm³/mol. The summed E-state index contributed by atoms with van der Waals surface area (Å²) in [7, 11) is 1.61. The van der Waals surface area contributed by atoms with Crippen LogP contribution >= 0.6 is 0 Å². The standard InChI is InChI=1S/C21H27N3O3/c1-15(25)21(2,14-17-7-5-9-19(13-17)27-3)24-20(22)23-11-10-16-6-4-8-18(26)12-16/h4-9,12-13,26H,10-11,14H2,1-3H3,(H3,22,23,24). The second-order valence-corrected chi connectivity index (χ2v) is 6.73. The number of ether oxygens (including phenoxy) is 1. The summed E-state index contributed by atoms with van der Waals surface area (Å²) in [6.07, 6.45) is 1.10. The molecule has 2 aromatic rings. The number of nitrogens with two attached hydrogens (primary N) is 1. The molecule has 0 fully saturated rings. The molecule has 4 N–H and O–H groups in total. The smallest absolute Gasteiger partial charge is 0.189 e. The lowest BCUT2D eigenvalue weighted by molar-refractivity contribution is -0.122. The van der Waals surface area contributed by atoms with Gasteiger partial charge in [-0.25, -0.2) is 0 Å². The molecule has 144 valence electrons. The summed E-state index contributed by atoms with van der Waals surface area (Å²) in [5.41, 5.74) is 7.08. The van der Waals surface area contributed by atoms with Crippen LogP contribution in [0.25, 0.3) is 0 Å². The van der Waals surface area contributed by atoms with Gasteiger partial charge in [-0.05, 0) is 55.7 Å². The Morgan fingerprint density at radius 2 is 1.93 bits per heavy atom. The second kappa shape index (κ2) is 9.07. The lowest BCUT2D eigenvalue weighted by Gasteiger charge is -2.29. The Kier molecular flexibility index (Phi) is 6.82. The van der Waals surface area contributed by atoms with E-state index < -0.39 is 5.54 Å². The minimum atomic E-state index is -0.870. The molecule has 0 saturated carbocycles. The zero-order chi connectivity index (χ0) is 19.9. The van der Waals surface area contributed by atoms with Crippen LogP contribution in [0, 0.1) is 0 Å². The highest BCUT2D eigenvalue weighted by Gasteiger charge is 2.30. The number of carbonyl (C=O) groups is 1. The van der Waals surface area contributed by atoms with Crippen molar-refractivity contribution in [3.8, 4) is 11.5 Å². The first-order valence-electron chi connectivity index (χ1n) is 8.82. The Morgan fingerprint density at radius 3 is 2.59 bits per heavy atom. The number of hydrogen-bond donors (Lipinski definition) is 3. The fraction of sp³-hybridized carbons (Fsp3) is 0.333. The molecule has 2 aromatic carbocycles. The zero-order valence-electron chi connectivity index (χ0n) is 16.0. The monoisotopic (exact) mass is 369 g/mol. The van der Waals surface area contributed by atoms with E-state index in [1.807, 2.05) is 37.3 Å². The lowest BCUT2D eigenvalue weighted by Crippen LogP contribution is -2.55. The van der Waals surface area contributed by atoms with Gasteiger partial charge in [0.15, 0.2) is 11.7 Å². The van der Waals surface area contributed by atoms with Crippen molar-refractivity contribution in [3.63, 3.8) is 0 Å². The third kappa shape index (κ3) is 6.02. The van der Waals surface area contributed by atoms with E-state index in [0.717, 1.165) is 16.9 Å². The van der Waals surface area contributed by atoms with E-state index in [4.69, 9.17) is 10.5 Å². The van der Waals surface area contributed by atoms with Crippen LogP contribution in [0.3, 0.4) is 0 Å². The van der Waals surface area contributed by atoms with Crippen LogP contribution in [0.4, 0.5) is 0 Å². The number of nitrogens with zero attached hydrogens (tertiary/aromatic N) is 1. The summed E-state index contributed by atoms with van der Waals surface area (Å²) in [6.45, 7) is 3.80. The summed E-state index contributed by atoms with van der Waals surface area (Å²) in [6, 6.07) is 14.6. The second-order valence-electron chi connectivity index (χ2n) is 6.73. The summed E-state index contributed by atoms with van der Waals surface area (Å²) in [5, 5.41) is 12.6. The minimum Gasteiger partial charge on any atom is -0.508 e. The Morgan fingerprint density at radius 1 is 1.22 bits per heavy atom. The van der Waals surface area contributed by atoms with Crippen LogP contribution in [0.5, 0.6) is 11.5 Å². The van der Waals surface area contributed by atoms with Crippen molar-refractivity contribution < 1.29 is 14.6 Å². The molecule has 1 atom stereocenters. The largest absolute Gasteiger partial charge is 0.508 e. The van der Waals surface area contributed by atoms with Crippen molar-refractivity contribution in [2.45, 2.75) is 32.2 Å². The average molecular weight is 369 g/mol. The van der Waals surface area contributed by atoms with Crippen molar-refractivity contribution in [2.75, 3.05) is 13.7 Å². The molecule has 0 saturated heterocycles. The van der Waals surface area contributed by atoms with Gasteiger partial charge in [-0.3, -0.25) is 9.79 Å². The molecule has 27 heavy (non-hydrogen) atoms. The molecular formula is C21H27N3O3. The molecule has 0 aromatic heterocycles. The van der Waals surface area contributed by atoms with Gasteiger partial charge in [-0.2, -0.15) is 0 Å². The number of carbonyl (C=O) groups excluding carboxylic acids is 1. The number of guanidine groups is 1. The fourth-order valence-electron chi connectivity index (χ4n) is 2.79. The Bertz CT molecular complexity index is 820. The van der Waals surface area contributed by atoms with Crippen molar-refractivity contribution >= 4 is 11.7 Å². The quantitative estimate of drug-likeness (QED) is 0.490. The van der Waals surface area contributed by atoms with Gasteiger partial charge < -0.3 is 20.9 Å². The first-order chi connectivity index (χ1) is 12.8. The Labute approximate surface area is 160 Å². The molecule has 0 aliphatic carbocycles. The normalized spacial score (nSPS) is 13.7. The third-order valence-corrected chi connectivity index (χ3v) is 4.47. The zero-order valence-corrected chi connectivity index (χ0v) is 16.0. The van der Waals surface area contributed by atoms with Crippen LogP contribution in [0.1, 0.15) is 25.0 Å². The van der Waals surface area contributed by atoms with Crippen LogP contribution in [-0.2, 0) is 17.6 Å². The van der Waals surface area contributed by atoms with E-state index in [-0.39, 0.29) is 17.5 Å². The summed E-state index contributed by atoms with van der Waals surface area (Å²) >= 11 is 0. The van der Waals surface area contributed by atoms with Gasteiger partial charge in [0, 0.05) is 13.0 Å². The van der Waals surface area contributed by atoms with E-state index in [1.54, 1.807) is 25.3 Å². The number of methoxy groups -OCH3 is 1. The number of aromatic hydroxyl groups is 1. The number of phenolic OH excluding ortho intramolecular Hbond substituents is 1. The van der Waals surface area contributed by atoms with E-state index in [0.29, 0.717) is 19.4 Å². The van der Waals surface area contributed by atoms with Crippen molar-refractivity contribution in [1.29, 1.82) is 0 Å². The van der Waals surface area contributed by atoms with E-state index >= 15 is 0 Å². The number of hydrogen-bond acceptors (Lipinski definition) is 4. The first kappa shape index (κ1) is 20.3. The molecule has 6 nitrogen and oxygen atoms in total. The van der Waals surface area contributed by atoms with Gasteiger partial charge in [0.25, 0.3) is 0 Å². The molecule has 0 bridgehead atoms. The molecule has 0 heterocycles. The molecule has 2 rings (SSSR count). The van der Waals surface area contributed by atoms with Gasteiger partial charge in [0.05, 0.1) is 12.6 Å². The maximum Gasteiger partial charge on any atom is 0.189 e. The minimum absolute atomic E-state index is 0.0311. The lowest BCUT2D eigenvalue weighted by atomic mass is 9.89. The van der Waals surface area contributed by atoms with Gasteiger partial charge in [-0.1, -0.05) is 24.3 Å². The molecule has 0 aliphatic heterocycles. The van der Waals surface area contributed by atoms with Crippen LogP contribution in [-0.4, -0.2) is 36.0 Å². The maximum absolute atomic E-state index is 12.3. The number of aliphatic imine (C=N–C) groups is 1. The topological polar surface area (TPSA) is 96.9 Å². The molecular weight excluding hydrogens is 342 g/mol. The van der Waals surface area contributed by atoms with Gasteiger partial charge in [-0.15, -0.1) is 0 Å². The van der Waals surface area contributed by atoms with Gasteiger partial charge >= 0.3 is 0 Å². The number of rotatable bonds is 8. The SMILES string of the molecule is COc1cccc(CC(C)(NC(N)=NCCc2cccc(O)c2)C(C)=O)c1. The Hall–Kier alpha value is -3.02. The van der Waals surface area contributed by atoms with Gasteiger partial charge in [0.1, 0.15) is 11.5 Å². The number of benzene rings is 2. The fourth-order valence-corrected chi connectivity index (χ4v) is 2.79. The molecule has 0 amide bonds.